The van der Waals surface area contributed by atoms with Crippen molar-refractivity contribution >= 4 is 5.97 Å². The van der Waals surface area contributed by atoms with E-state index in [-0.39, 0.29) is 0 Å². The van der Waals surface area contributed by atoms with Crippen molar-refractivity contribution in [3.8, 4) is 12.0 Å². The number of hydrogen-bond acceptors (Lipinski definition) is 5. The zero-order chi connectivity index (χ0) is 21.3. The lowest BCUT2D eigenvalue weighted by Gasteiger charge is -2.09. The van der Waals surface area contributed by atoms with Crippen LogP contribution < -0.4 is 9.47 Å². The monoisotopic (exact) mass is 409 g/mol. The van der Waals surface area contributed by atoms with Gasteiger partial charge in [-0.15, -0.1) is 10.1 Å². The molecule has 0 saturated carbocycles. The van der Waals surface area contributed by atoms with E-state index < -0.39 is 5.97 Å². The van der Waals surface area contributed by atoms with Crippen LogP contribution in [-0.2, 0) is 13.0 Å². The van der Waals surface area contributed by atoms with E-state index in [1.54, 1.807) is 16.8 Å². The minimum absolute atomic E-state index is 0.324. The van der Waals surface area contributed by atoms with Gasteiger partial charge in [0.15, 0.2) is 0 Å². The fraction of sp³-hybridized carbons (Fsp3) is 0.348. The summed E-state index contributed by atoms with van der Waals surface area (Å²) in [7, 11) is 0. The highest BCUT2D eigenvalue weighted by Gasteiger charge is 2.13. The lowest BCUT2D eigenvalue weighted by molar-refractivity contribution is 0.0696. The molecule has 0 aliphatic heterocycles. The van der Waals surface area contributed by atoms with Gasteiger partial charge in [-0.1, -0.05) is 56.3 Å². The Morgan fingerprint density at radius 3 is 2.33 bits per heavy atom. The summed E-state index contributed by atoms with van der Waals surface area (Å²) in [4.78, 5) is 15.7. The molecule has 30 heavy (non-hydrogen) atoms. The van der Waals surface area contributed by atoms with Gasteiger partial charge in [0, 0.05) is 0 Å². The van der Waals surface area contributed by atoms with Crippen molar-refractivity contribution in [2.24, 2.45) is 0 Å². The first-order valence-corrected chi connectivity index (χ1v) is 10.2. The van der Waals surface area contributed by atoms with Crippen LogP contribution in [-0.4, -0.2) is 39.1 Å². The van der Waals surface area contributed by atoms with Gasteiger partial charge in [0.2, 0.25) is 0 Å². The maximum absolute atomic E-state index is 11.4. The topological polar surface area (TPSA) is 86.5 Å². The molecule has 0 aliphatic carbocycles. The Balaban J connectivity index is 1.72. The average Bonchev–Trinajstić information content (AvgIpc) is 3.13. The van der Waals surface area contributed by atoms with Gasteiger partial charge >= 0.3 is 18.0 Å². The smallest absolute Gasteiger partial charge is 0.338 e. The summed E-state index contributed by atoms with van der Waals surface area (Å²) in [6.45, 7) is 5.70. The quantitative estimate of drug-likeness (QED) is 0.511. The molecule has 3 aromatic rings. The molecule has 0 saturated heterocycles. The maximum Gasteiger partial charge on any atom is 0.338 e. The summed E-state index contributed by atoms with van der Waals surface area (Å²) in [6, 6.07) is 15.9. The second-order valence-electron chi connectivity index (χ2n) is 6.99. The predicted molar refractivity (Wildman–Crippen MR) is 113 cm³/mol. The molecule has 0 unspecified atom stereocenters. The van der Waals surface area contributed by atoms with Gasteiger partial charge in [-0.2, -0.15) is 0 Å². The SMILES string of the molecule is CCCOc1nc(OCCC)n(Cc2ccc(Cc3ccccc3C(=O)O)cc2)n1. The van der Waals surface area contributed by atoms with E-state index in [2.05, 4.69) is 10.1 Å². The number of carboxylic acids is 1. The molecule has 1 aromatic heterocycles. The van der Waals surface area contributed by atoms with Crippen molar-refractivity contribution in [3.05, 3.63) is 70.8 Å². The molecule has 1 N–H and O–H groups in total. The molecule has 7 nitrogen and oxygen atoms in total. The molecule has 7 heteroatoms. The van der Waals surface area contributed by atoms with E-state index in [1.165, 1.54) is 0 Å². The molecule has 0 radical (unpaired) electrons. The fourth-order valence-electron chi connectivity index (χ4n) is 3.00. The van der Waals surface area contributed by atoms with Crippen molar-refractivity contribution in [3.63, 3.8) is 0 Å². The van der Waals surface area contributed by atoms with E-state index in [4.69, 9.17) is 9.47 Å². The normalized spacial score (nSPS) is 10.7. The molecule has 0 bridgehead atoms. The number of carbonyl (C=O) groups is 1. The van der Waals surface area contributed by atoms with Crippen LogP contribution in [0.25, 0.3) is 0 Å². The molecule has 0 aliphatic rings. The second-order valence-corrected chi connectivity index (χ2v) is 6.99. The van der Waals surface area contributed by atoms with Crippen LogP contribution in [0, 0.1) is 0 Å². The van der Waals surface area contributed by atoms with E-state index in [0.717, 1.165) is 29.5 Å². The zero-order valence-corrected chi connectivity index (χ0v) is 17.4. The van der Waals surface area contributed by atoms with Crippen LogP contribution in [0.3, 0.4) is 0 Å². The van der Waals surface area contributed by atoms with Crippen molar-refractivity contribution in [2.75, 3.05) is 13.2 Å². The van der Waals surface area contributed by atoms with Crippen LogP contribution >= 0.6 is 0 Å². The number of nitrogens with zero attached hydrogens (tertiary/aromatic N) is 3. The number of hydrogen-bond donors (Lipinski definition) is 1. The molecule has 2 aromatic carbocycles. The van der Waals surface area contributed by atoms with Crippen molar-refractivity contribution in [1.29, 1.82) is 0 Å². The summed E-state index contributed by atoms with van der Waals surface area (Å²) < 4.78 is 13.0. The van der Waals surface area contributed by atoms with Gasteiger partial charge in [0.05, 0.1) is 25.3 Å². The predicted octanol–water partition coefficient (Wildman–Crippen LogP) is 4.19. The first-order chi connectivity index (χ1) is 14.6. The largest absolute Gasteiger partial charge is 0.478 e. The lowest BCUT2D eigenvalue weighted by Crippen LogP contribution is -2.08. The van der Waals surface area contributed by atoms with Gasteiger partial charge in [-0.05, 0) is 42.0 Å². The third kappa shape index (κ3) is 5.59. The number of carboxylic acid groups (broad SMARTS) is 1. The summed E-state index contributed by atoms with van der Waals surface area (Å²) in [5.74, 6) is -0.908. The van der Waals surface area contributed by atoms with Crippen LogP contribution in [0.2, 0.25) is 0 Å². The Hall–Kier alpha value is -3.35. The van der Waals surface area contributed by atoms with Crippen LogP contribution in [0.1, 0.15) is 53.7 Å². The Kier molecular flexibility index (Phi) is 7.43. The first-order valence-electron chi connectivity index (χ1n) is 10.2. The molecular weight excluding hydrogens is 382 g/mol. The van der Waals surface area contributed by atoms with Crippen LogP contribution in [0.5, 0.6) is 12.0 Å². The van der Waals surface area contributed by atoms with Crippen molar-refractivity contribution < 1.29 is 19.4 Å². The molecule has 1 heterocycles. The van der Waals surface area contributed by atoms with Gasteiger partial charge in [-0.3, -0.25) is 0 Å². The van der Waals surface area contributed by atoms with Crippen molar-refractivity contribution in [2.45, 2.75) is 39.7 Å². The Labute approximate surface area is 176 Å². The van der Waals surface area contributed by atoms with Crippen LogP contribution in [0.15, 0.2) is 48.5 Å². The van der Waals surface area contributed by atoms with Gasteiger partial charge < -0.3 is 14.6 Å². The highest BCUT2D eigenvalue weighted by molar-refractivity contribution is 5.89. The molecular formula is C23H27N3O4. The van der Waals surface area contributed by atoms with Gasteiger partial charge in [0.25, 0.3) is 0 Å². The van der Waals surface area contributed by atoms with E-state index >= 15 is 0 Å². The highest BCUT2D eigenvalue weighted by Crippen LogP contribution is 2.18. The summed E-state index contributed by atoms with van der Waals surface area (Å²) in [6.07, 6.45) is 2.32. The molecule has 0 fully saturated rings. The highest BCUT2D eigenvalue weighted by atomic mass is 16.5. The Morgan fingerprint density at radius 1 is 0.967 bits per heavy atom. The number of aromatic carboxylic acids is 1. The van der Waals surface area contributed by atoms with Gasteiger partial charge in [0.1, 0.15) is 0 Å². The number of ether oxygens (including phenoxy) is 2. The minimum atomic E-state index is -0.908. The second kappa shape index (κ2) is 10.4. The van der Waals surface area contributed by atoms with E-state index in [1.807, 2.05) is 50.2 Å². The third-order valence-corrected chi connectivity index (χ3v) is 4.49. The third-order valence-electron chi connectivity index (χ3n) is 4.49. The standard InChI is InChI=1S/C23H27N3O4/c1-3-13-29-22-24-23(30-14-4-2)26(25-22)16-18-11-9-17(10-12-18)15-19-7-5-6-8-20(19)21(27)28/h5-12H,3-4,13-16H2,1-2H3,(H,27,28). The molecule has 3 rings (SSSR count). The van der Waals surface area contributed by atoms with E-state index in [0.29, 0.717) is 43.8 Å². The molecule has 158 valence electrons. The lowest BCUT2D eigenvalue weighted by atomic mass is 9.99. The summed E-state index contributed by atoms with van der Waals surface area (Å²) >= 11 is 0. The Morgan fingerprint density at radius 2 is 1.63 bits per heavy atom. The minimum Gasteiger partial charge on any atom is -0.478 e. The number of benzene rings is 2. The average molecular weight is 409 g/mol. The van der Waals surface area contributed by atoms with E-state index in [9.17, 15) is 9.90 Å². The molecule has 0 atom stereocenters. The molecule has 0 spiro atoms. The van der Waals surface area contributed by atoms with Crippen LogP contribution in [0.4, 0.5) is 0 Å². The fourth-order valence-corrected chi connectivity index (χ4v) is 3.00. The zero-order valence-electron chi connectivity index (χ0n) is 17.4. The summed E-state index contributed by atoms with van der Waals surface area (Å²) in [5, 5.41) is 13.8. The van der Waals surface area contributed by atoms with Crippen molar-refractivity contribution in [1.82, 2.24) is 14.8 Å². The van der Waals surface area contributed by atoms with Gasteiger partial charge in [-0.25, -0.2) is 9.48 Å². The number of aromatic nitrogens is 3. The Bertz CT molecular complexity index is 967. The maximum atomic E-state index is 11.4. The molecule has 0 amide bonds. The number of rotatable bonds is 11. The summed E-state index contributed by atoms with van der Waals surface area (Å²) in [5.41, 5.74) is 3.21. The first kappa shape index (κ1) is 21.4.